The van der Waals surface area contributed by atoms with E-state index in [0.29, 0.717) is 0 Å². The van der Waals surface area contributed by atoms with Crippen molar-refractivity contribution >= 4 is 0 Å². The lowest BCUT2D eigenvalue weighted by Crippen LogP contribution is -2.39. The van der Waals surface area contributed by atoms with Crippen LogP contribution >= 0.6 is 0 Å². The van der Waals surface area contributed by atoms with E-state index < -0.39 is 17.6 Å². The first kappa shape index (κ1) is 17.9. The lowest BCUT2D eigenvalue weighted by molar-refractivity contribution is 0.00536. The topological polar surface area (TPSA) is 40.5 Å². The summed E-state index contributed by atoms with van der Waals surface area (Å²) in [6.07, 6.45) is -1.83. The first-order chi connectivity index (χ1) is 14.2. The molecule has 1 aliphatic rings. The van der Waals surface area contributed by atoms with Crippen molar-refractivity contribution in [3.63, 3.8) is 0 Å². The molecule has 1 aliphatic carbocycles. The number of hydrogen-bond donors (Lipinski definition) is 2. The van der Waals surface area contributed by atoms with Crippen LogP contribution in [0.5, 0.6) is 0 Å². The molecule has 142 valence electrons. The quantitative estimate of drug-likeness (QED) is 0.498. The van der Waals surface area contributed by atoms with Crippen molar-refractivity contribution in [1.29, 1.82) is 0 Å². The third-order valence-corrected chi connectivity index (χ3v) is 6.13. The SMILES string of the molecule is OC(c1ccccc1)C1(C(O)c2ccccc2)c2ccccc2-c2ccccc21. The van der Waals surface area contributed by atoms with Gasteiger partial charge in [-0.15, -0.1) is 0 Å². The summed E-state index contributed by atoms with van der Waals surface area (Å²) in [6.45, 7) is 0. The zero-order chi connectivity index (χ0) is 19.8. The molecule has 0 fully saturated rings. The maximum Gasteiger partial charge on any atom is 0.0956 e. The van der Waals surface area contributed by atoms with Crippen molar-refractivity contribution in [1.82, 2.24) is 0 Å². The van der Waals surface area contributed by atoms with E-state index in [1.54, 1.807) is 0 Å². The molecule has 4 aromatic rings. The van der Waals surface area contributed by atoms with Gasteiger partial charge in [0.25, 0.3) is 0 Å². The van der Waals surface area contributed by atoms with E-state index in [9.17, 15) is 10.2 Å². The maximum atomic E-state index is 11.8. The van der Waals surface area contributed by atoms with Crippen LogP contribution in [0.25, 0.3) is 11.1 Å². The molecule has 2 nitrogen and oxygen atoms in total. The second kappa shape index (κ2) is 7.00. The molecule has 4 aromatic carbocycles. The molecule has 5 rings (SSSR count). The summed E-state index contributed by atoms with van der Waals surface area (Å²) in [4.78, 5) is 0. The Labute approximate surface area is 170 Å². The minimum atomic E-state index is -1.00. The Kier molecular flexibility index (Phi) is 4.31. The number of benzene rings is 4. The Balaban J connectivity index is 1.85. The summed E-state index contributed by atoms with van der Waals surface area (Å²) in [5.41, 5.74) is 4.60. The van der Waals surface area contributed by atoms with Crippen LogP contribution < -0.4 is 0 Å². The van der Waals surface area contributed by atoms with Crippen LogP contribution in [0.3, 0.4) is 0 Å². The number of rotatable bonds is 4. The molecule has 2 heteroatoms. The minimum absolute atomic E-state index is 0.786. The highest BCUT2D eigenvalue weighted by molar-refractivity contribution is 5.82. The predicted octanol–water partition coefficient (Wildman–Crippen LogP) is 5.42. The molecule has 0 radical (unpaired) electrons. The highest BCUT2D eigenvalue weighted by Gasteiger charge is 2.54. The smallest absolute Gasteiger partial charge is 0.0956 e. The van der Waals surface area contributed by atoms with Gasteiger partial charge in [0.1, 0.15) is 0 Å². The average Bonchev–Trinajstić information content (AvgIpc) is 3.11. The van der Waals surface area contributed by atoms with Crippen LogP contribution in [0.15, 0.2) is 109 Å². The van der Waals surface area contributed by atoms with E-state index >= 15 is 0 Å². The Hall–Kier alpha value is -3.20. The molecular formula is C27H22O2. The van der Waals surface area contributed by atoms with Gasteiger partial charge < -0.3 is 10.2 Å². The lowest BCUT2D eigenvalue weighted by Gasteiger charge is -2.41. The van der Waals surface area contributed by atoms with Crippen LogP contribution in [0.2, 0.25) is 0 Å². The Morgan fingerprint density at radius 1 is 0.448 bits per heavy atom. The normalized spacial score (nSPS) is 15.9. The monoisotopic (exact) mass is 378 g/mol. The van der Waals surface area contributed by atoms with Crippen molar-refractivity contribution in [3.05, 3.63) is 131 Å². The molecule has 0 spiro atoms. The summed E-state index contributed by atoms with van der Waals surface area (Å²) < 4.78 is 0. The zero-order valence-corrected chi connectivity index (χ0v) is 15.9. The number of aliphatic hydroxyl groups excluding tert-OH is 2. The first-order valence-corrected chi connectivity index (χ1v) is 9.90. The predicted molar refractivity (Wildman–Crippen MR) is 115 cm³/mol. The fraction of sp³-hybridized carbons (Fsp3) is 0.111. The van der Waals surface area contributed by atoms with Crippen molar-refractivity contribution in [2.24, 2.45) is 0 Å². The van der Waals surface area contributed by atoms with Crippen LogP contribution in [-0.4, -0.2) is 10.2 Å². The molecule has 0 amide bonds. The van der Waals surface area contributed by atoms with E-state index in [1.807, 2.05) is 97.1 Å². The molecule has 0 aromatic heterocycles. The zero-order valence-electron chi connectivity index (χ0n) is 15.9. The van der Waals surface area contributed by atoms with Gasteiger partial charge in [-0.3, -0.25) is 0 Å². The highest BCUT2D eigenvalue weighted by atomic mass is 16.3. The van der Waals surface area contributed by atoms with Gasteiger partial charge in [0.2, 0.25) is 0 Å². The van der Waals surface area contributed by atoms with E-state index in [2.05, 4.69) is 12.1 Å². The van der Waals surface area contributed by atoms with Gasteiger partial charge in [0, 0.05) is 0 Å². The van der Waals surface area contributed by atoms with Gasteiger partial charge in [-0.25, -0.2) is 0 Å². The average molecular weight is 378 g/mol. The number of aliphatic hydroxyl groups is 2. The van der Waals surface area contributed by atoms with Gasteiger partial charge >= 0.3 is 0 Å². The van der Waals surface area contributed by atoms with Crippen LogP contribution in [-0.2, 0) is 5.41 Å². The third-order valence-electron chi connectivity index (χ3n) is 6.13. The minimum Gasteiger partial charge on any atom is -0.387 e. The molecule has 2 atom stereocenters. The summed E-state index contributed by atoms with van der Waals surface area (Å²) in [7, 11) is 0. The molecule has 2 unspecified atom stereocenters. The van der Waals surface area contributed by atoms with E-state index in [4.69, 9.17) is 0 Å². The van der Waals surface area contributed by atoms with Crippen LogP contribution in [0, 0.1) is 0 Å². The molecular weight excluding hydrogens is 356 g/mol. The van der Waals surface area contributed by atoms with E-state index in [0.717, 1.165) is 33.4 Å². The Morgan fingerprint density at radius 2 is 0.793 bits per heavy atom. The van der Waals surface area contributed by atoms with Crippen LogP contribution in [0.4, 0.5) is 0 Å². The molecule has 0 aliphatic heterocycles. The van der Waals surface area contributed by atoms with Gasteiger partial charge in [-0.2, -0.15) is 0 Å². The molecule has 0 saturated heterocycles. The summed E-state index contributed by atoms with van der Waals surface area (Å²) in [5, 5.41) is 23.7. The molecule has 0 heterocycles. The molecule has 29 heavy (non-hydrogen) atoms. The highest BCUT2D eigenvalue weighted by Crippen LogP contribution is 2.60. The van der Waals surface area contributed by atoms with Crippen molar-refractivity contribution in [2.75, 3.05) is 0 Å². The fourth-order valence-electron chi connectivity index (χ4n) is 4.84. The maximum absolute atomic E-state index is 11.8. The largest absolute Gasteiger partial charge is 0.387 e. The van der Waals surface area contributed by atoms with Crippen molar-refractivity contribution < 1.29 is 10.2 Å². The number of hydrogen-bond acceptors (Lipinski definition) is 2. The first-order valence-electron chi connectivity index (χ1n) is 9.90. The van der Waals surface area contributed by atoms with Crippen molar-refractivity contribution in [3.8, 4) is 11.1 Å². The van der Waals surface area contributed by atoms with Crippen LogP contribution in [0.1, 0.15) is 34.5 Å². The molecule has 2 N–H and O–H groups in total. The standard InChI is InChI=1S/C27H22O2/c28-25(19-11-3-1-4-12-19)27(26(29)20-13-5-2-6-14-20)23-17-9-7-15-21(23)22-16-8-10-18-24(22)27/h1-18,25-26,28-29H. The molecule has 0 bridgehead atoms. The third kappa shape index (κ3) is 2.57. The summed E-state index contributed by atoms with van der Waals surface area (Å²) >= 11 is 0. The van der Waals surface area contributed by atoms with E-state index in [-0.39, 0.29) is 0 Å². The molecule has 0 saturated carbocycles. The van der Waals surface area contributed by atoms with Crippen molar-refractivity contribution in [2.45, 2.75) is 17.6 Å². The summed E-state index contributed by atoms with van der Waals surface area (Å²) in [6, 6.07) is 35.5. The Bertz CT molecular complexity index is 1040. The van der Waals surface area contributed by atoms with Gasteiger partial charge in [-0.05, 0) is 33.4 Å². The fourth-order valence-corrected chi connectivity index (χ4v) is 4.84. The second-order valence-electron chi connectivity index (χ2n) is 7.59. The van der Waals surface area contributed by atoms with Gasteiger partial charge in [0.05, 0.1) is 17.6 Å². The Morgan fingerprint density at radius 3 is 1.21 bits per heavy atom. The summed E-state index contributed by atoms with van der Waals surface area (Å²) in [5.74, 6) is 0. The van der Waals surface area contributed by atoms with Gasteiger partial charge in [0.15, 0.2) is 0 Å². The van der Waals surface area contributed by atoms with Gasteiger partial charge in [-0.1, -0.05) is 109 Å². The lowest BCUT2D eigenvalue weighted by atomic mass is 9.66. The van der Waals surface area contributed by atoms with E-state index in [1.165, 1.54) is 0 Å². The second-order valence-corrected chi connectivity index (χ2v) is 7.59. The number of fused-ring (bicyclic) bond motifs is 3.